The molecule has 0 aromatic heterocycles. The van der Waals surface area contributed by atoms with Crippen molar-refractivity contribution in [2.45, 2.75) is 137 Å². The molecule has 1 rings (SSSR count). The van der Waals surface area contributed by atoms with Crippen LogP contribution in [0, 0.1) is 23.7 Å². The van der Waals surface area contributed by atoms with Crippen LogP contribution in [0.3, 0.4) is 0 Å². The van der Waals surface area contributed by atoms with Gasteiger partial charge in [0.15, 0.2) is 0 Å². The van der Waals surface area contributed by atoms with E-state index >= 15 is 0 Å². The zero-order valence-corrected chi connectivity index (χ0v) is 22.4. The second kappa shape index (κ2) is 19.3. The van der Waals surface area contributed by atoms with E-state index in [0.29, 0.717) is 19.6 Å². The first-order valence-corrected chi connectivity index (χ1v) is 14.2. The molecule has 4 nitrogen and oxygen atoms in total. The summed E-state index contributed by atoms with van der Waals surface area (Å²) in [5.41, 5.74) is 0. The van der Waals surface area contributed by atoms with Gasteiger partial charge in [-0.3, -0.25) is 9.59 Å². The number of ether oxygens (including phenoxy) is 2. The molecule has 1 aliphatic carbocycles. The van der Waals surface area contributed by atoms with Crippen molar-refractivity contribution in [2.75, 3.05) is 13.2 Å². The monoisotopic (exact) mass is 466 g/mol. The summed E-state index contributed by atoms with van der Waals surface area (Å²) in [4.78, 5) is 24.9. The number of hydrogen-bond acceptors (Lipinski definition) is 4. The Hall–Kier alpha value is -1.06. The lowest BCUT2D eigenvalue weighted by atomic mass is 9.81. The van der Waals surface area contributed by atoms with Gasteiger partial charge in [-0.05, 0) is 43.9 Å². The molecule has 0 bridgehead atoms. The summed E-state index contributed by atoms with van der Waals surface area (Å²) in [6, 6.07) is 0. The quantitative estimate of drug-likeness (QED) is 0.142. The van der Waals surface area contributed by atoms with Crippen molar-refractivity contribution in [1.82, 2.24) is 0 Å². The van der Waals surface area contributed by atoms with Gasteiger partial charge in [0.05, 0.1) is 25.0 Å². The van der Waals surface area contributed by atoms with E-state index in [-0.39, 0.29) is 23.8 Å². The van der Waals surface area contributed by atoms with Crippen molar-refractivity contribution >= 4 is 11.9 Å². The first-order valence-electron chi connectivity index (χ1n) is 14.2. The van der Waals surface area contributed by atoms with Crippen LogP contribution in [0.1, 0.15) is 137 Å². The summed E-state index contributed by atoms with van der Waals surface area (Å²) in [5, 5.41) is 0. The molecule has 4 heteroatoms. The molecule has 0 aromatic rings. The molecule has 0 spiro atoms. The Morgan fingerprint density at radius 2 is 0.970 bits per heavy atom. The highest BCUT2D eigenvalue weighted by molar-refractivity contribution is 5.76. The zero-order chi connectivity index (χ0) is 24.3. The van der Waals surface area contributed by atoms with Crippen LogP contribution >= 0.6 is 0 Å². The molecule has 0 heterocycles. The second-order valence-electron chi connectivity index (χ2n) is 11.1. The van der Waals surface area contributed by atoms with Gasteiger partial charge in [0.25, 0.3) is 0 Å². The molecule has 194 valence electrons. The van der Waals surface area contributed by atoms with Crippen molar-refractivity contribution in [3.63, 3.8) is 0 Å². The summed E-state index contributed by atoms with van der Waals surface area (Å²) < 4.78 is 11.1. The van der Waals surface area contributed by atoms with Crippen LogP contribution in [-0.2, 0) is 19.1 Å². The Kier molecular flexibility index (Phi) is 17.5. The number of esters is 2. The van der Waals surface area contributed by atoms with Gasteiger partial charge in [0.1, 0.15) is 0 Å². The van der Waals surface area contributed by atoms with Gasteiger partial charge in [-0.25, -0.2) is 0 Å². The minimum Gasteiger partial charge on any atom is -0.465 e. The van der Waals surface area contributed by atoms with E-state index in [4.69, 9.17) is 9.47 Å². The highest BCUT2D eigenvalue weighted by Crippen LogP contribution is 2.31. The fourth-order valence-electron chi connectivity index (χ4n) is 4.75. The zero-order valence-electron chi connectivity index (χ0n) is 22.4. The maximum Gasteiger partial charge on any atom is 0.308 e. The fraction of sp³-hybridized carbons (Fsp3) is 0.931. The Morgan fingerprint density at radius 1 is 0.606 bits per heavy atom. The summed E-state index contributed by atoms with van der Waals surface area (Å²) in [6.45, 7) is 10.1. The third-order valence-electron chi connectivity index (χ3n) is 6.93. The van der Waals surface area contributed by atoms with Crippen LogP contribution in [0.4, 0.5) is 0 Å². The molecular weight excluding hydrogens is 412 g/mol. The molecule has 0 aliphatic heterocycles. The number of carbonyl (C=O) groups excluding carboxylic acids is 2. The molecule has 0 amide bonds. The number of unbranched alkanes of at least 4 members (excludes halogenated alkanes) is 9. The predicted molar refractivity (Wildman–Crippen MR) is 137 cm³/mol. The van der Waals surface area contributed by atoms with E-state index < -0.39 is 0 Å². The molecule has 1 aliphatic rings. The fourth-order valence-corrected chi connectivity index (χ4v) is 4.75. The van der Waals surface area contributed by atoms with Gasteiger partial charge in [-0.15, -0.1) is 0 Å². The van der Waals surface area contributed by atoms with Crippen molar-refractivity contribution < 1.29 is 19.1 Å². The molecule has 0 radical (unpaired) electrons. The SMILES string of the molecule is CC(C)CCCCCCCCCOC(=O)C1CCCC(C(=O)OCCCCCCC(C)C)C1. The maximum atomic E-state index is 12.5. The first kappa shape index (κ1) is 30.0. The van der Waals surface area contributed by atoms with E-state index in [1.807, 2.05) is 0 Å². The van der Waals surface area contributed by atoms with E-state index in [2.05, 4.69) is 27.7 Å². The van der Waals surface area contributed by atoms with E-state index in [1.54, 1.807) is 0 Å². The third-order valence-corrected chi connectivity index (χ3v) is 6.93. The van der Waals surface area contributed by atoms with Gasteiger partial charge in [-0.1, -0.05) is 105 Å². The van der Waals surface area contributed by atoms with E-state index in [9.17, 15) is 9.59 Å². The van der Waals surface area contributed by atoms with Crippen LogP contribution < -0.4 is 0 Å². The lowest BCUT2D eigenvalue weighted by Gasteiger charge is -2.26. The van der Waals surface area contributed by atoms with Crippen molar-refractivity contribution in [3.05, 3.63) is 0 Å². The maximum absolute atomic E-state index is 12.5. The predicted octanol–water partition coefficient (Wildman–Crippen LogP) is 8.26. The molecule has 0 N–H and O–H groups in total. The highest BCUT2D eigenvalue weighted by Gasteiger charge is 2.32. The van der Waals surface area contributed by atoms with Crippen molar-refractivity contribution in [2.24, 2.45) is 23.7 Å². The standard InChI is InChI=1S/C29H54O4/c1-24(2)17-12-8-6-5-7-10-14-21-32-28(30)26-19-16-20-27(23-26)29(31)33-22-15-11-9-13-18-25(3)4/h24-27H,5-23H2,1-4H3. The second-order valence-corrected chi connectivity index (χ2v) is 11.1. The van der Waals surface area contributed by atoms with Crippen LogP contribution in [0.5, 0.6) is 0 Å². The molecule has 1 fully saturated rings. The summed E-state index contributed by atoms with van der Waals surface area (Å²) in [7, 11) is 0. The van der Waals surface area contributed by atoms with Gasteiger partial charge in [-0.2, -0.15) is 0 Å². The third kappa shape index (κ3) is 16.2. The average molecular weight is 467 g/mol. The summed E-state index contributed by atoms with van der Waals surface area (Å²) in [5.74, 6) is 1.11. The highest BCUT2D eigenvalue weighted by atomic mass is 16.5. The van der Waals surface area contributed by atoms with Crippen molar-refractivity contribution in [3.8, 4) is 0 Å². The Balaban J connectivity index is 2.05. The van der Waals surface area contributed by atoms with Crippen LogP contribution in [0.2, 0.25) is 0 Å². The topological polar surface area (TPSA) is 52.6 Å². The van der Waals surface area contributed by atoms with Crippen molar-refractivity contribution in [1.29, 1.82) is 0 Å². The molecule has 33 heavy (non-hydrogen) atoms. The molecule has 2 unspecified atom stereocenters. The summed E-state index contributed by atoms with van der Waals surface area (Å²) in [6.07, 6.45) is 19.0. The van der Waals surface area contributed by atoms with Crippen LogP contribution in [0.25, 0.3) is 0 Å². The molecule has 2 atom stereocenters. The molecule has 0 aromatic carbocycles. The summed E-state index contributed by atoms with van der Waals surface area (Å²) >= 11 is 0. The lowest BCUT2D eigenvalue weighted by Crippen LogP contribution is -2.30. The van der Waals surface area contributed by atoms with Gasteiger partial charge in [0, 0.05) is 0 Å². The minimum absolute atomic E-state index is 0.105. The van der Waals surface area contributed by atoms with Gasteiger partial charge in [0.2, 0.25) is 0 Å². The number of rotatable bonds is 19. The smallest absolute Gasteiger partial charge is 0.308 e. The number of hydrogen-bond donors (Lipinski definition) is 0. The minimum atomic E-state index is -0.132. The molecular formula is C29H54O4. The van der Waals surface area contributed by atoms with Gasteiger partial charge >= 0.3 is 11.9 Å². The lowest BCUT2D eigenvalue weighted by molar-refractivity contribution is -0.155. The first-order chi connectivity index (χ1) is 15.9. The Morgan fingerprint density at radius 3 is 1.36 bits per heavy atom. The van der Waals surface area contributed by atoms with Crippen LogP contribution in [0.15, 0.2) is 0 Å². The Bertz CT molecular complexity index is 500. The average Bonchev–Trinajstić information content (AvgIpc) is 2.79. The largest absolute Gasteiger partial charge is 0.465 e. The van der Waals surface area contributed by atoms with Gasteiger partial charge < -0.3 is 9.47 Å². The molecule has 0 saturated heterocycles. The van der Waals surface area contributed by atoms with Crippen LogP contribution in [-0.4, -0.2) is 25.2 Å². The van der Waals surface area contributed by atoms with E-state index in [0.717, 1.165) is 56.8 Å². The molecule has 1 saturated carbocycles. The normalized spacial score (nSPS) is 18.6. The Labute approximate surface area is 205 Å². The number of carbonyl (C=O) groups is 2. The van der Waals surface area contributed by atoms with E-state index in [1.165, 1.54) is 57.8 Å².